The maximum Gasteiger partial charge on any atom is 0.119 e. The summed E-state index contributed by atoms with van der Waals surface area (Å²) in [6.07, 6.45) is 0. The molecule has 0 spiro atoms. The van der Waals surface area contributed by atoms with Crippen LogP contribution < -0.4 is 10.1 Å². The number of hydrogen-bond donors (Lipinski definition) is 1. The highest BCUT2D eigenvalue weighted by molar-refractivity contribution is 7.09. The maximum atomic E-state index is 5.96. The third-order valence-corrected chi connectivity index (χ3v) is 5.10. The van der Waals surface area contributed by atoms with Gasteiger partial charge in [0.25, 0.3) is 0 Å². The molecular formula is C19H27N3OS. The Morgan fingerprint density at radius 2 is 2.04 bits per heavy atom. The Bertz CT molecular complexity index is 596. The third kappa shape index (κ3) is 5.60. The molecule has 1 saturated heterocycles. The number of thiophene rings is 1. The molecule has 2 aromatic rings. The summed E-state index contributed by atoms with van der Waals surface area (Å²) in [6.45, 7) is 8.11. The molecule has 0 saturated carbocycles. The van der Waals surface area contributed by atoms with Crippen LogP contribution in [-0.2, 0) is 13.1 Å². The molecule has 2 heterocycles. The molecule has 1 fully saturated rings. The van der Waals surface area contributed by atoms with Crippen molar-refractivity contribution in [3.8, 4) is 5.75 Å². The summed E-state index contributed by atoms with van der Waals surface area (Å²) in [4.78, 5) is 6.20. The van der Waals surface area contributed by atoms with Crippen molar-refractivity contribution in [2.24, 2.45) is 0 Å². The molecule has 0 bridgehead atoms. The summed E-state index contributed by atoms with van der Waals surface area (Å²) in [6, 6.07) is 12.8. The first kappa shape index (κ1) is 17.4. The number of nitrogens with zero attached hydrogens (tertiary/aromatic N) is 2. The molecule has 3 rings (SSSR count). The van der Waals surface area contributed by atoms with Crippen LogP contribution in [0.1, 0.15) is 10.4 Å². The van der Waals surface area contributed by atoms with Gasteiger partial charge in [-0.2, -0.15) is 0 Å². The van der Waals surface area contributed by atoms with Crippen molar-refractivity contribution in [2.45, 2.75) is 13.1 Å². The molecule has 1 aliphatic heterocycles. The minimum atomic E-state index is 0.758. The van der Waals surface area contributed by atoms with E-state index in [-0.39, 0.29) is 0 Å². The Morgan fingerprint density at radius 1 is 1.17 bits per heavy atom. The smallest absolute Gasteiger partial charge is 0.119 e. The summed E-state index contributed by atoms with van der Waals surface area (Å²) < 4.78 is 5.96. The second-order valence-electron chi connectivity index (χ2n) is 6.34. The summed E-state index contributed by atoms with van der Waals surface area (Å²) in [5.74, 6) is 0.979. The van der Waals surface area contributed by atoms with Crippen molar-refractivity contribution >= 4 is 11.3 Å². The zero-order valence-electron chi connectivity index (χ0n) is 14.4. The number of piperazine rings is 1. The van der Waals surface area contributed by atoms with Gasteiger partial charge in [-0.25, -0.2) is 0 Å². The fourth-order valence-electron chi connectivity index (χ4n) is 3.00. The SMILES string of the molecule is CN(Cc1cccc(OCCN2CCNCC2)c1)Cc1cccs1. The minimum absolute atomic E-state index is 0.758. The summed E-state index contributed by atoms with van der Waals surface area (Å²) in [5, 5.41) is 5.51. The fourth-order valence-corrected chi connectivity index (χ4v) is 3.78. The standard InChI is InChI=1S/C19H27N3OS/c1-21(16-19-6-3-13-24-19)15-17-4-2-5-18(14-17)23-12-11-22-9-7-20-8-10-22/h2-6,13-14,20H,7-12,15-16H2,1H3. The monoisotopic (exact) mass is 345 g/mol. The second kappa shape index (κ2) is 9.18. The number of rotatable bonds is 8. The van der Waals surface area contributed by atoms with Crippen molar-refractivity contribution in [1.29, 1.82) is 0 Å². The summed E-state index contributed by atoms with van der Waals surface area (Å²) >= 11 is 1.81. The van der Waals surface area contributed by atoms with Crippen LogP contribution >= 0.6 is 11.3 Å². The average Bonchev–Trinajstić information content (AvgIpc) is 3.09. The van der Waals surface area contributed by atoms with Gasteiger partial charge in [-0.1, -0.05) is 18.2 Å². The molecule has 0 atom stereocenters. The Kier molecular flexibility index (Phi) is 6.66. The van der Waals surface area contributed by atoms with E-state index in [1.807, 2.05) is 11.3 Å². The number of hydrogen-bond acceptors (Lipinski definition) is 5. The molecular weight excluding hydrogens is 318 g/mol. The van der Waals surface area contributed by atoms with Crippen LogP contribution in [0, 0.1) is 0 Å². The van der Waals surface area contributed by atoms with Gasteiger partial charge in [0.1, 0.15) is 12.4 Å². The average molecular weight is 346 g/mol. The largest absolute Gasteiger partial charge is 0.492 e. The van der Waals surface area contributed by atoms with E-state index >= 15 is 0 Å². The van der Waals surface area contributed by atoms with Crippen molar-refractivity contribution in [2.75, 3.05) is 46.4 Å². The van der Waals surface area contributed by atoms with E-state index in [2.05, 4.69) is 63.9 Å². The van der Waals surface area contributed by atoms with Gasteiger partial charge in [0.15, 0.2) is 0 Å². The maximum absolute atomic E-state index is 5.96. The molecule has 0 aliphatic carbocycles. The first-order valence-electron chi connectivity index (χ1n) is 8.65. The van der Waals surface area contributed by atoms with Crippen LogP contribution in [0.2, 0.25) is 0 Å². The van der Waals surface area contributed by atoms with E-state index in [1.165, 1.54) is 10.4 Å². The fraction of sp³-hybridized carbons (Fsp3) is 0.474. The highest BCUT2D eigenvalue weighted by Crippen LogP contribution is 2.17. The highest BCUT2D eigenvalue weighted by atomic mass is 32.1. The molecule has 0 unspecified atom stereocenters. The Morgan fingerprint density at radius 3 is 2.83 bits per heavy atom. The predicted molar refractivity (Wildman–Crippen MR) is 101 cm³/mol. The zero-order chi connectivity index (χ0) is 16.6. The first-order chi connectivity index (χ1) is 11.8. The van der Waals surface area contributed by atoms with E-state index in [4.69, 9.17) is 4.74 Å². The van der Waals surface area contributed by atoms with Crippen molar-refractivity contribution in [3.05, 3.63) is 52.2 Å². The van der Waals surface area contributed by atoms with Crippen molar-refractivity contribution < 1.29 is 4.74 Å². The van der Waals surface area contributed by atoms with Gasteiger partial charge < -0.3 is 10.1 Å². The van der Waals surface area contributed by atoms with Crippen LogP contribution in [0.3, 0.4) is 0 Å². The van der Waals surface area contributed by atoms with Gasteiger partial charge in [0.05, 0.1) is 0 Å². The Labute approximate surface area is 149 Å². The molecule has 4 nitrogen and oxygen atoms in total. The van der Waals surface area contributed by atoms with E-state index in [9.17, 15) is 0 Å². The van der Waals surface area contributed by atoms with Crippen LogP contribution in [0.5, 0.6) is 5.75 Å². The highest BCUT2D eigenvalue weighted by Gasteiger charge is 2.09. The quantitative estimate of drug-likeness (QED) is 0.796. The Balaban J connectivity index is 1.44. The lowest BCUT2D eigenvalue weighted by Crippen LogP contribution is -2.44. The first-order valence-corrected chi connectivity index (χ1v) is 9.53. The third-order valence-electron chi connectivity index (χ3n) is 4.24. The van der Waals surface area contributed by atoms with Gasteiger partial charge in [-0.3, -0.25) is 9.80 Å². The van der Waals surface area contributed by atoms with Gasteiger partial charge in [-0.15, -0.1) is 11.3 Å². The molecule has 1 N–H and O–H groups in total. The molecule has 1 aliphatic rings. The van der Waals surface area contributed by atoms with E-state index in [0.29, 0.717) is 0 Å². The van der Waals surface area contributed by atoms with Gasteiger partial charge in [0, 0.05) is 50.7 Å². The molecule has 5 heteroatoms. The molecule has 1 aromatic heterocycles. The van der Waals surface area contributed by atoms with E-state index in [1.54, 1.807) is 0 Å². The van der Waals surface area contributed by atoms with E-state index in [0.717, 1.165) is 58.2 Å². The lowest BCUT2D eigenvalue weighted by molar-refractivity contribution is 0.191. The van der Waals surface area contributed by atoms with Crippen molar-refractivity contribution in [1.82, 2.24) is 15.1 Å². The van der Waals surface area contributed by atoms with Gasteiger partial charge >= 0.3 is 0 Å². The Hall–Kier alpha value is -1.40. The minimum Gasteiger partial charge on any atom is -0.492 e. The number of nitrogens with one attached hydrogen (secondary N) is 1. The zero-order valence-corrected chi connectivity index (χ0v) is 15.2. The normalized spacial score (nSPS) is 15.8. The lowest BCUT2D eigenvalue weighted by atomic mass is 10.2. The molecule has 130 valence electrons. The van der Waals surface area contributed by atoms with Gasteiger partial charge in [0.2, 0.25) is 0 Å². The van der Waals surface area contributed by atoms with E-state index < -0.39 is 0 Å². The molecule has 24 heavy (non-hydrogen) atoms. The van der Waals surface area contributed by atoms with Gasteiger partial charge in [-0.05, 0) is 36.2 Å². The van der Waals surface area contributed by atoms with Crippen LogP contribution in [0.4, 0.5) is 0 Å². The van der Waals surface area contributed by atoms with Crippen LogP contribution in [-0.4, -0.2) is 56.2 Å². The van der Waals surface area contributed by atoms with Crippen LogP contribution in [0.25, 0.3) is 0 Å². The molecule has 1 aromatic carbocycles. The molecule has 0 radical (unpaired) electrons. The predicted octanol–water partition coefficient (Wildman–Crippen LogP) is 2.66. The summed E-state index contributed by atoms with van der Waals surface area (Å²) in [5.41, 5.74) is 1.30. The molecule has 0 amide bonds. The van der Waals surface area contributed by atoms with Crippen LogP contribution in [0.15, 0.2) is 41.8 Å². The lowest BCUT2D eigenvalue weighted by Gasteiger charge is -2.27. The topological polar surface area (TPSA) is 27.7 Å². The summed E-state index contributed by atoms with van der Waals surface area (Å²) in [7, 11) is 2.16. The number of ether oxygens (including phenoxy) is 1. The van der Waals surface area contributed by atoms with Crippen molar-refractivity contribution in [3.63, 3.8) is 0 Å². The second-order valence-corrected chi connectivity index (χ2v) is 7.37. The number of benzene rings is 1.